The van der Waals surface area contributed by atoms with Crippen LogP contribution in [0.1, 0.15) is 12.0 Å². The van der Waals surface area contributed by atoms with Crippen molar-refractivity contribution in [1.29, 1.82) is 0 Å². The molecule has 0 radical (unpaired) electrons. The van der Waals surface area contributed by atoms with Crippen LogP contribution in [0, 0.1) is 0 Å². The van der Waals surface area contributed by atoms with Crippen LogP contribution >= 0.6 is 23.2 Å². The minimum absolute atomic E-state index is 0.0799. The van der Waals surface area contributed by atoms with Crippen molar-refractivity contribution in [3.63, 3.8) is 0 Å². The van der Waals surface area contributed by atoms with E-state index in [2.05, 4.69) is 0 Å². The molecular formula is C12H14Cl2N2O. The summed E-state index contributed by atoms with van der Waals surface area (Å²) in [4.78, 5) is 13.8. The van der Waals surface area contributed by atoms with Crippen LogP contribution in [-0.2, 0) is 11.2 Å². The van der Waals surface area contributed by atoms with Gasteiger partial charge in [0, 0.05) is 29.2 Å². The number of likely N-dealkylation sites (tertiary alicyclic amines) is 1. The third kappa shape index (κ3) is 3.35. The largest absolute Gasteiger partial charge is 0.341 e. The Morgan fingerprint density at radius 1 is 1.35 bits per heavy atom. The van der Waals surface area contributed by atoms with Crippen molar-refractivity contribution in [2.75, 3.05) is 13.1 Å². The van der Waals surface area contributed by atoms with Crippen LogP contribution in [0.2, 0.25) is 10.0 Å². The lowest BCUT2D eigenvalue weighted by atomic mass is 10.1. The van der Waals surface area contributed by atoms with Crippen LogP contribution in [0.15, 0.2) is 18.2 Å². The van der Waals surface area contributed by atoms with Crippen molar-refractivity contribution in [2.24, 2.45) is 5.73 Å². The third-order valence-corrected chi connectivity index (χ3v) is 3.29. The van der Waals surface area contributed by atoms with Gasteiger partial charge in [-0.25, -0.2) is 0 Å². The summed E-state index contributed by atoms with van der Waals surface area (Å²) in [6.07, 6.45) is 1.20. The SMILES string of the molecule is N[C@@H]1CCN(C(=O)Cc2cc(Cl)cc(Cl)c2)C1. The summed E-state index contributed by atoms with van der Waals surface area (Å²) in [5.41, 5.74) is 6.61. The molecule has 1 fully saturated rings. The van der Waals surface area contributed by atoms with Crippen LogP contribution in [0.5, 0.6) is 0 Å². The highest BCUT2D eigenvalue weighted by Crippen LogP contribution is 2.20. The Bertz CT molecular complexity index is 416. The van der Waals surface area contributed by atoms with Crippen molar-refractivity contribution in [3.05, 3.63) is 33.8 Å². The molecule has 92 valence electrons. The van der Waals surface area contributed by atoms with Gasteiger partial charge in [-0.15, -0.1) is 0 Å². The number of nitrogens with two attached hydrogens (primary N) is 1. The van der Waals surface area contributed by atoms with Gasteiger partial charge in [0.15, 0.2) is 0 Å². The minimum atomic E-state index is 0.0799. The molecule has 5 heteroatoms. The zero-order chi connectivity index (χ0) is 12.4. The quantitative estimate of drug-likeness (QED) is 0.896. The Labute approximate surface area is 110 Å². The zero-order valence-corrected chi connectivity index (χ0v) is 10.8. The first kappa shape index (κ1) is 12.7. The fourth-order valence-corrected chi connectivity index (χ4v) is 2.58. The van der Waals surface area contributed by atoms with Crippen molar-refractivity contribution in [1.82, 2.24) is 4.90 Å². The lowest BCUT2D eigenvalue weighted by Crippen LogP contribution is -2.32. The first-order valence-electron chi connectivity index (χ1n) is 5.53. The molecule has 1 atom stereocenters. The maximum absolute atomic E-state index is 12.0. The third-order valence-electron chi connectivity index (χ3n) is 2.86. The molecule has 0 spiro atoms. The van der Waals surface area contributed by atoms with Crippen molar-refractivity contribution < 1.29 is 4.79 Å². The van der Waals surface area contributed by atoms with E-state index >= 15 is 0 Å². The van der Waals surface area contributed by atoms with E-state index in [-0.39, 0.29) is 11.9 Å². The average molecular weight is 273 g/mol. The number of benzene rings is 1. The molecule has 0 unspecified atom stereocenters. The molecular weight excluding hydrogens is 259 g/mol. The van der Waals surface area contributed by atoms with E-state index in [1.165, 1.54) is 0 Å². The van der Waals surface area contributed by atoms with E-state index < -0.39 is 0 Å². The highest BCUT2D eigenvalue weighted by molar-refractivity contribution is 6.34. The molecule has 0 saturated carbocycles. The van der Waals surface area contributed by atoms with Crippen LogP contribution in [0.3, 0.4) is 0 Å². The first-order valence-corrected chi connectivity index (χ1v) is 6.28. The smallest absolute Gasteiger partial charge is 0.227 e. The normalized spacial score (nSPS) is 19.7. The number of amides is 1. The summed E-state index contributed by atoms with van der Waals surface area (Å²) in [6.45, 7) is 1.39. The van der Waals surface area contributed by atoms with E-state index in [9.17, 15) is 4.79 Å². The average Bonchev–Trinajstić information content (AvgIpc) is 2.63. The van der Waals surface area contributed by atoms with Crippen LogP contribution < -0.4 is 5.73 Å². The van der Waals surface area contributed by atoms with E-state index in [0.29, 0.717) is 23.0 Å². The maximum atomic E-state index is 12.0. The Morgan fingerprint density at radius 3 is 2.53 bits per heavy atom. The molecule has 0 aliphatic carbocycles. The fraction of sp³-hybridized carbons (Fsp3) is 0.417. The molecule has 3 nitrogen and oxygen atoms in total. The maximum Gasteiger partial charge on any atom is 0.227 e. The predicted octanol–water partition coefficient (Wildman–Crippen LogP) is 2.10. The van der Waals surface area contributed by atoms with Gasteiger partial charge in [-0.05, 0) is 30.2 Å². The second-order valence-corrected chi connectivity index (χ2v) is 5.22. The van der Waals surface area contributed by atoms with Crippen molar-refractivity contribution in [2.45, 2.75) is 18.9 Å². The molecule has 0 aromatic heterocycles. The number of rotatable bonds is 2. The molecule has 2 N–H and O–H groups in total. The Kier molecular flexibility index (Phi) is 3.92. The summed E-state index contributed by atoms with van der Waals surface area (Å²) in [7, 11) is 0. The van der Waals surface area contributed by atoms with Crippen LogP contribution in [0.4, 0.5) is 0 Å². The Balaban J connectivity index is 2.03. The molecule has 1 amide bonds. The molecule has 1 heterocycles. The number of carbonyl (C=O) groups is 1. The van der Waals surface area contributed by atoms with E-state index in [1.54, 1.807) is 23.1 Å². The molecule has 2 rings (SSSR count). The highest BCUT2D eigenvalue weighted by atomic mass is 35.5. The Morgan fingerprint density at radius 2 is 2.00 bits per heavy atom. The van der Waals surface area contributed by atoms with Gasteiger partial charge in [0.25, 0.3) is 0 Å². The van der Waals surface area contributed by atoms with Crippen LogP contribution in [-0.4, -0.2) is 29.9 Å². The Hall–Kier alpha value is -0.770. The monoisotopic (exact) mass is 272 g/mol. The second-order valence-electron chi connectivity index (χ2n) is 4.34. The summed E-state index contributed by atoms with van der Waals surface area (Å²) in [6, 6.07) is 5.30. The topological polar surface area (TPSA) is 46.3 Å². The van der Waals surface area contributed by atoms with E-state index in [1.807, 2.05) is 0 Å². The summed E-state index contributed by atoms with van der Waals surface area (Å²) >= 11 is 11.8. The van der Waals surface area contributed by atoms with E-state index in [4.69, 9.17) is 28.9 Å². The zero-order valence-electron chi connectivity index (χ0n) is 9.33. The lowest BCUT2D eigenvalue weighted by Gasteiger charge is -2.15. The van der Waals surface area contributed by atoms with Gasteiger partial charge in [0.05, 0.1) is 6.42 Å². The standard InChI is InChI=1S/C12H14Cl2N2O/c13-9-3-8(4-10(14)6-9)5-12(17)16-2-1-11(15)7-16/h3-4,6,11H,1-2,5,7,15H2/t11-/m1/s1. The summed E-state index contributed by atoms with van der Waals surface area (Å²) < 4.78 is 0. The molecule has 0 bridgehead atoms. The lowest BCUT2D eigenvalue weighted by molar-refractivity contribution is -0.129. The predicted molar refractivity (Wildman–Crippen MR) is 69.3 cm³/mol. The van der Waals surface area contributed by atoms with Gasteiger partial charge in [-0.3, -0.25) is 4.79 Å². The van der Waals surface area contributed by atoms with Crippen molar-refractivity contribution >= 4 is 29.1 Å². The number of halogens is 2. The number of hydrogen-bond acceptors (Lipinski definition) is 2. The van der Waals surface area contributed by atoms with Gasteiger partial charge >= 0.3 is 0 Å². The van der Waals surface area contributed by atoms with Gasteiger partial charge < -0.3 is 10.6 Å². The second kappa shape index (κ2) is 5.25. The molecule has 17 heavy (non-hydrogen) atoms. The molecule has 1 aliphatic rings. The molecule has 1 aliphatic heterocycles. The van der Waals surface area contributed by atoms with Crippen molar-refractivity contribution in [3.8, 4) is 0 Å². The first-order chi connectivity index (χ1) is 8.04. The number of nitrogens with zero attached hydrogens (tertiary/aromatic N) is 1. The summed E-state index contributed by atoms with van der Waals surface area (Å²) in [5.74, 6) is 0.0799. The summed E-state index contributed by atoms with van der Waals surface area (Å²) in [5, 5.41) is 1.11. The fourth-order valence-electron chi connectivity index (χ4n) is 2.01. The van der Waals surface area contributed by atoms with Gasteiger partial charge in [-0.2, -0.15) is 0 Å². The number of carbonyl (C=O) groups excluding carboxylic acids is 1. The highest BCUT2D eigenvalue weighted by Gasteiger charge is 2.23. The number of hydrogen-bond donors (Lipinski definition) is 1. The van der Waals surface area contributed by atoms with Gasteiger partial charge in [0.2, 0.25) is 5.91 Å². The molecule has 1 saturated heterocycles. The minimum Gasteiger partial charge on any atom is -0.341 e. The molecule has 1 aromatic carbocycles. The van der Waals surface area contributed by atoms with Crippen LogP contribution in [0.25, 0.3) is 0 Å². The van der Waals surface area contributed by atoms with Gasteiger partial charge in [-0.1, -0.05) is 23.2 Å². The van der Waals surface area contributed by atoms with E-state index in [0.717, 1.165) is 18.5 Å². The van der Waals surface area contributed by atoms with Gasteiger partial charge in [0.1, 0.15) is 0 Å². The molecule has 1 aromatic rings.